The molecule has 0 fully saturated rings. The Bertz CT molecular complexity index is 579. The number of hydrogen-bond acceptors (Lipinski definition) is 3. The van der Waals surface area contributed by atoms with Gasteiger partial charge in [0.2, 0.25) is 0 Å². The highest BCUT2D eigenvalue weighted by Gasteiger charge is 2.25. The summed E-state index contributed by atoms with van der Waals surface area (Å²) in [7, 11) is 0. The van der Waals surface area contributed by atoms with Crippen LogP contribution in [0.25, 0.3) is 0 Å². The van der Waals surface area contributed by atoms with E-state index in [1.54, 1.807) is 0 Å². The van der Waals surface area contributed by atoms with Crippen molar-refractivity contribution in [1.82, 2.24) is 9.78 Å². The van der Waals surface area contributed by atoms with E-state index in [0.29, 0.717) is 18.1 Å². The van der Waals surface area contributed by atoms with E-state index < -0.39 is 0 Å². The average molecular weight is 279 g/mol. The number of nitrogens with zero attached hydrogens (tertiary/aromatic N) is 2. The summed E-state index contributed by atoms with van der Waals surface area (Å²) in [6, 6.07) is 7.68. The highest BCUT2D eigenvalue weighted by atomic mass is 35.5. The Kier molecular flexibility index (Phi) is 3.45. The van der Waals surface area contributed by atoms with Crippen molar-refractivity contribution >= 4 is 23.1 Å². The second-order valence-electron chi connectivity index (χ2n) is 5.68. The zero-order valence-electron chi connectivity index (χ0n) is 11.4. The van der Waals surface area contributed by atoms with Crippen molar-refractivity contribution in [2.24, 2.45) is 0 Å². The van der Waals surface area contributed by atoms with E-state index in [4.69, 9.17) is 23.1 Å². The molecule has 0 bridgehead atoms. The fraction of sp³-hybridized carbons (Fsp3) is 0.357. The number of nitrogens with two attached hydrogens (primary N) is 2. The van der Waals surface area contributed by atoms with Crippen LogP contribution in [0.5, 0.6) is 0 Å². The number of rotatable bonds is 2. The van der Waals surface area contributed by atoms with Crippen molar-refractivity contribution in [3.8, 4) is 0 Å². The van der Waals surface area contributed by atoms with Crippen LogP contribution < -0.4 is 11.5 Å². The van der Waals surface area contributed by atoms with Gasteiger partial charge in [-0.1, -0.05) is 44.5 Å². The maximum Gasteiger partial charge on any atom is 0.169 e. The lowest BCUT2D eigenvalue weighted by Gasteiger charge is -2.21. The van der Waals surface area contributed by atoms with Gasteiger partial charge >= 0.3 is 0 Å². The molecule has 102 valence electrons. The molecular formula is C14H19ClN4. The first-order chi connectivity index (χ1) is 8.79. The molecule has 0 unspecified atom stereocenters. The molecule has 19 heavy (non-hydrogen) atoms. The quantitative estimate of drug-likeness (QED) is 0.887. The van der Waals surface area contributed by atoms with Gasteiger partial charge in [0.1, 0.15) is 0 Å². The Morgan fingerprint density at radius 3 is 2.26 bits per heavy atom. The minimum absolute atomic E-state index is 0.110. The third-order valence-corrected chi connectivity index (χ3v) is 3.23. The van der Waals surface area contributed by atoms with Crippen LogP contribution in [0, 0.1) is 0 Å². The molecule has 1 aromatic carbocycles. The lowest BCUT2D eigenvalue weighted by Crippen LogP contribution is -2.20. The first-order valence-electron chi connectivity index (χ1n) is 6.15. The van der Waals surface area contributed by atoms with E-state index in [1.165, 1.54) is 0 Å². The Hall–Kier alpha value is -1.68. The smallest absolute Gasteiger partial charge is 0.169 e. The zero-order valence-corrected chi connectivity index (χ0v) is 12.2. The predicted octanol–water partition coefficient (Wildman–Crippen LogP) is 3.05. The summed E-state index contributed by atoms with van der Waals surface area (Å²) >= 11 is 5.89. The van der Waals surface area contributed by atoms with Crippen LogP contribution in [0.3, 0.4) is 0 Å². The number of aromatic nitrogens is 2. The SMILES string of the molecule is CC(C)(C)c1c(N)c(N)nn1Cc1ccc(Cl)cc1. The van der Waals surface area contributed by atoms with Crippen molar-refractivity contribution in [3.05, 3.63) is 40.5 Å². The van der Waals surface area contributed by atoms with Gasteiger partial charge in [0.05, 0.1) is 17.9 Å². The van der Waals surface area contributed by atoms with Gasteiger partial charge in [0, 0.05) is 10.4 Å². The predicted molar refractivity (Wildman–Crippen MR) is 80.3 cm³/mol. The number of benzene rings is 1. The molecule has 0 amide bonds. The van der Waals surface area contributed by atoms with Gasteiger partial charge < -0.3 is 11.5 Å². The normalized spacial score (nSPS) is 11.8. The molecular weight excluding hydrogens is 260 g/mol. The summed E-state index contributed by atoms with van der Waals surface area (Å²) in [5.41, 5.74) is 14.4. The fourth-order valence-corrected chi connectivity index (χ4v) is 2.29. The third-order valence-electron chi connectivity index (χ3n) is 2.97. The van der Waals surface area contributed by atoms with E-state index in [0.717, 1.165) is 16.3 Å². The average Bonchev–Trinajstić information content (AvgIpc) is 2.57. The van der Waals surface area contributed by atoms with Gasteiger partial charge in [-0.15, -0.1) is 0 Å². The maximum absolute atomic E-state index is 6.04. The molecule has 0 spiro atoms. The first kappa shape index (κ1) is 13.7. The van der Waals surface area contributed by atoms with Crippen molar-refractivity contribution in [3.63, 3.8) is 0 Å². The summed E-state index contributed by atoms with van der Waals surface area (Å²) in [4.78, 5) is 0. The van der Waals surface area contributed by atoms with Crippen LogP contribution >= 0.6 is 11.6 Å². The highest BCUT2D eigenvalue weighted by molar-refractivity contribution is 6.30. The fourth-order valence-electron chi connectivity index (χ4n) is 2.16. The molecule has 0 saturated heterocycles. The van der Waals surface area contributed by atoms with Crippen LogP contribution in [0.1, 0.15) is 32.0 Å². The van der Waals surface area contributed by atoms with Gasteiger partial charge in [-0.2, -0.15) is 5.10 Å². The molecule has 5 heteroatoms. The highest BCUT2D eigenvalue weighted by Crippen LogP contribution is 2.31. The van der Waals surface area contributed by atoms with Crippen molar-refractivity contribution in [2.75, 3.05) is 11.5 Å². The molecule has 0 aliphatic heterocycles. The minimum atomic E-state index is -0.110. The van der Waals surface area contributed by atoms with Crippen molar-refractivity contribution in [1.29, 1.82) is 0 Å². The summed E-state index contributed by atoms with van der Waals surface area (Å²) < 4.78 is 1.87. The van der Waals surface area contributed by atoms with Gasteiger partial charge in [-0.3, -0.25) is 4.68 Å². The van der Waals surface area contributed by atoms with E-state index in [2.05, 4.69) is 25.9 Å². The Morgan fingerprint density at radius 2 is 1.74 bits per heavy atom. The second kappa shape index (κ2) is 4.78. The Morgan fingerprint density at radius 1 is 1.16 bits per heavy atom. The first-order valence-corrected chi connectivity index (χ1v) is 6.53. The van der Waals surface area contributed by atoms with E-state index in [-0.39, 0.29) is 5.41 Å². The van der Waals surface area contributed by atoms with E-state index in [9.17, 15) is 0 Å². The molecule has 0 aliphatic carbocycles. The Balaban J connectivity index is 2.40. The molecule has 0 saturated carbocycles. The summed E-state index contributed by atoms with van der Waals surface area (Å²) in [5.74, 6) is 0.388. The standard InChI is InChI=1S/C14H19ClN4/c1-14(2,3)12-11(16)13(17)18-19(12)8-9-4-6-10(15)7-5-9/h4-7H,8,16H2,1-3H3,(H2,17,18). The molecule has 2 rings (SSSR count). The largest absolute Gasteiger partial charge is 0.394 e. The summed E-state index contributed by atoms with van der Waals surface area (Å²) in [6.45, 7) is 6.92. The summed E-state index contributed by atoms with van der Waals surface area (Å²) in [5, 5.41) is 5.05. The van der Waals surface area contributed by atoms with Crippen molar-refractivity contribution in [2.45, 2.75) is 32.7 Å². The minimum Gasteiger partial charge on any atom is -0.394 e. The number of halogens is 1. The molecule has 1 aromatic heterocycles. The third kappa shape index (κ3) is 2.84. The number of hydrogen-bond donors (Lipinski definition) is 2. The molecule has 4 N–H and O–H groups in total. The molecule has 0 aliphatic rings. The van der Waals surface area contributed by atoms with Crippen molar-refractivity contribution < 1.29 is 0 Å². The lowest BCUT2D eigenvalue weighted by molar-refractivity contribution is 0.508. The van der Waals surface area contributed by atoms with Gasteiger partial charge in [-0.25, -0.2) is 0 Å². The zero-order chi connectivity index (χ0) is 14.2. The Labute approximate surface area is 118 Å². The van der Waals surface area contributed by atoms with Crippen LogP contribution in [0.4, 0.5) is 11.5 Å². The number of anilines is 2. The monoisotopic (exact) mass is 278 g/mol. The number of nitrogen functional groups attached to an aromatic ring is 2. The van der Waals surface area contributed by atoms with Crippen LogP contribution in [0.15, 0.2) is 24.3 Å². The van der Waals surface area contributed by atoms with Crippen LogP contribution in [-0.4, -0.2) is 9.78 Å². The second-order valence-corrected chi connectivity index (χ2v) is 6.12. The molecule has 4 nitrogen and oxygen atoms in total. The van der Waals surface area contributed by atoms with E-state index >= 15 is 0 Å². The van der Waals surface area contributed by atoms with Crippen LogP contribution in [-0.2, 0) is 12.0 Å². The molecule has 2 aromatic rings. The van der Waals surface area contributed by atoms with E-state index in [1.807, 2.05) is 28.9 Å². The lowest BCUT2D eigenvalue weighted by atomic mass is 9.91. The molecule has 0 radical (unpaired) electrons. The topological polar surface area (TPSA) is 69.9 Å². The summed E-state index contributed by atoms with van der Waals surface area (Å²) in [6.07, 6.45) is 0. The van der Waals surface area contributed by atoms with Gasteiger partial charge in [-0.05, 0) is 17.7 Å². The van der Waals surface area contributed by atoms with Gasteiger partial charge in [0.15, 0.2) is 5.82 Å². The molecule has 0 atom stereocenters. The molecule has 1 heterocycles. The van der Waals surface area contributed by atoms with Crippen LogP contribution in [0.2, 0.25) is 5.02 Å². The maximum atomic E-state index is 6.04. The van der Waals surface area contributed by atoms with Gasteiger partial charge in [0.25, 0.3) is 0 Å².